The molecule has 8 heteroatoms. The lowest BCUT2D eigenvalue weighted by Crippen LogP contribution is -2.28. The van der Waals surface area contributed by atoms with Crippen molar-refractivity contribution < 1.29 is 29.0 Å². The molecule has 24 heavy (non-hydrogen) atoms. The van der Waals surface area contributed by atoms with Crippen molar-refractivity contribution >= 4 is 23.8 Å². The number of ether oxygens (including phenoxy) is 1. The largest absolute Gasteiger partial charge is 0.478 e. The number of hydrogen-bond donors (Lipinski definition) is 2. The first-order valence-corrected chi connectivity index (χ1v) is 7.66. The molecule has 2 N–H and O–H groups in total. The first-order valence-electron chi connectivity index (χ1n) is 7.66. The molecule has 1 aliphatic rings. The highest BCUT2D eigenvalue weighted by Gasteiger charge is 2.10. The normalized spacial score (nSPS) is 12.0. The van der Waals surface area contributed by atoms with Gasteiger partial charge in [0, 0.05) is 37.4 Å². The fraction of sp³-hybridized carbons (Fsp3) is 0.500. The molecule has 0 aromatic carbocycles. The van der Waals surface area contributed by atoms with E-state index in [2.05, 4.69) is 23.9 Å². The number of carboxylic acids is 1. The Hall–Kier alpha value is -2.48. The second-order valence-corrected chi connectivity index (χ2v) is 4.21. The van der Waals surface area contributed by atoms with Gasteiger partial charge in [0.1, 0.15) is 0 Å². The van der Waals surface area contributed by atoms with Gasteiger partial charge in [0.25, 0.3) is 0 Å². The highest BCUT2D eigenvalue weighted by atomic mass is 16.6. The number of esters is 2. The molecule has 0 aromatic rings. The van der Waals surface area contributed by atoms with Crippen LogP contribution in [0.3, 0.4) is 0 Å². The lowest BCUT2D eigenvalue weighted by atomic mass is 10.4. The zero-order valence-corrected chi connectivity index (χ0v) is 14.6. The van der Waals surface area contributed by atoms with Gasteiger partial charge in [-0.25, -0.2) is 14.4 Å². The minimum absolute atomic E-state index is 0.262. The highest BCUT2D eigenvalue weighted by Crippen LogP contribution is 1.92. The number of carboxylic acid groups (broad SMARTS) is 1. The standard InChI is InChI=1S/C8H13NO3.C4H11N.C4H2O3/c1-3-9(4-2)7(10)5-6-8(11)12;1-3-5-4-2;5-3-1-2-4(6)7-3/h5-6H,3-4H2,1-2H3,(H,11,12);5H,3-4H2,1-2H3;1-2H/b6-5-;;. The summed E-state index contributed by atoms with van der Waals surface area (Å²) in [4.78, 5) is 42.5. The van der Waals surface area contributed by atoms with Crippen LogP contribution in [0.5, 0.6) is 0 Å². The minimum Gasteiger partial charge on any atom is -0.478 e. The van der Waals surface area contributed by atoms with Crippen LogP contribution >= 0.6 is 0 Å². The van der Waals surface area contributed by atoms with Gasteiger partial charge in [0.2, 0.25) is 5.91 Å². The van der Waals surface area contributed by atoms with E-state index in [-0.39, 0.29) is 5.91 Å². The van der Waals surface area contributed by atoms with Crippen LogP contribution in [0.2, 0.25) is 0 Å². The molecule has 1 aliphatic heterocycles. The molecular weight excluding hydrogens is 316 g/mol. The first-order chi connectivity index (χ1) is 11.3. The van der Waals surface area contributed by atoms with E-state index in [9.17, 15) is 19.2 Å². The van der Waals surface area contributed by atoms with Crippen LogP contribution in [0.4, 0.5) is 0 Å². The number of cyclic esters (lactones) is 2. The van der Waals surface area contributed by atoms with E-state index >= 15 is 0 Å². The number of carbonyl (C=O) groups is 4. The Balaban J connectivity index is 0. The van der Waals surface area contributed by atoms with Crippen LogP contribution < -0.4 is 5.32 Å². The number of amides is 1. The van der Waals surface area contributed by atoms with Gasteiger partial charge in [-0.15, -0.1) is 0 Å². The molecule has 1 heterocycles. The third-order valence-corrected chi connectivity index (χ3v) is 2.50. The fourth-order valence-electron chi connectivity index (χ4n) is 1.34. The molecule has 0 aromatic heterocycles. The Kier molecular flexibility index (Phi) is 15.3. The summed E-state index contributed by atoms with van der Waals surface area (Å²) in [5.41, 5.74) is 0. The maximum atomic E-state index is 11.1. The predicted octanol–water partition coefficient (Wildman–Crippen LogP) is 0.737. The van der Waals surface area contributed by atoms with Crippen LogP contribution in [0, 0.1) is 0 Å². The quantitative estimate of drug-likeness (QED) is 0.416. The Morgan fingerprint density at radius 1 is 1.04 bits per heavy atom. The third kappa shape index (κ3) is 14.5. The second kappa shape index (κ2) is 15.4. The van der Waals surface area contributed by atoms with Crippen LogP contribution in [-0.2, 0) is 23.9 Å². The molecule has 1 amide bonds. The Morgan fingerprint density at radius 2 is 1.50 bits per heavy atom. The fourth-order valence-corrected chi connectivity index (χ4v) is 1.34. The first kappa shape index (κ1) is 23.8. The lowest BCUT2D eigenvalue weighted by molar-refractivity contribution is -0.150. The number of aliphatic carboxylic acids is 1. The van der Waals surface area contributed by atoms with E-state index < -0.39 is 17.9 Å². The van der Waals surface area contributed by atoms with Crippen LogP contribution in [0.15, 0.2) is 24.3 Å². The molecule has 0 atom stereocenters. The molecule has 1 rings (SSSR count). The second-order valence-electron chi connectivity index (χ2n) is 4.21. The summed E-state index contributed by atoms with van der Waals surface area (Å²) in [6, 6.07) is 0. The highest BCUT2D eigenvalue weighted by molar-refractivity contribution is 6.04. The molecule has 8 nitrogen and oxygen atoms in total. The van der Waals surface area contributed by atoms with Gasteiger partial charge >= 0.3 is 17.9 Å². The molecule has 0 aliphatic carbocycles. The maximum Gasteiger partial charge on any atom is 0.338 e. The molecule has 0 saturated heterocycles. The van der Waals surface area contributed by atoms with E-state index in [4.69, 9.17) is 5.11 Å². The Labute approximate surface area is 142 Å². The monoisotopic (exact) mass is 342 g/mol. The number of carbonyl (C=O) groups excluding carboxylic acids is 3. The van der Waals surface area contributed by atoms with Crippen LogP contribution in [-0.4, -0.2) is 60.0 Å². The summed E-state index contributed by atoms with van der Waals surface area (Å²) >= 11 is 0. The predicted molar refractivity (Wildman–Crippen MR) is 89.2 cm³/mol. The van der Waals surface area contributed by atoms with Crippen molar-refractivity contribution in [3.8, 4) is 0 Å². The van der Waals surface area contributed by atoms with E-state index in [1.165, 1.54) is 0 Å². The molecule has 0 bridgehead atoms. The lowest BCUT2D eigenvalue weighted by Gasteiger charge is -2.15. The third-order valence-electron chi connectivity index (χ3n) is 2.50. The van der Waals surface area contributed by atoms with E-state index in [1.54, 1.807) is 4.90 Å². The summed E-state index contributed by atoms with van der Waals surface area (Å²) in [6.07, 6.45) is 4.08. The van der Waals surface area contributed by atoms with Gasteiger partial charge in [-0.05, 0) is 26.9 Å². The van der Waals surface area contributed by atoms with Gasteiger partial charge in [-0.3, -0.25) is 4.79 Å². The van der Waals surface area contributed by atoms with Gasteiger partial charge in [0.15, 0.2) is 0 Å². The van der Waals surface area contributed by atoms with Crippen molar-refractivity contribution in [2.24, 2.45) is 0 Å². The minimum atomic E-state index is -1.10. The Bertz CT molecular complexity index is 449. The summed E-state index contributed by atoms with van der Waals surface area (Å²) < 4.78 is 3.97. The number of likely N-dealkylation sites (N-methyl/N-ethyl adjacent to an activating group) is 1. The topological polar surface area (TPSA) is 113 Å². The molecular formula is C16H26N2O6. The molecule has 0 fully saturated rings. The van der Waals surface area contributed by atoms with Crippen LogP contribution in [0.25, 0.3) is 0 Å². The van der Waals surface area contributed by atoms with Crippen molar-refractivity contribution in [2.75, 3.05) is 26.2 Å². The molecule has 0 radical (unpaired) electrons. The van der Waals surface area contributed by atoms with E-state index in [0.717, 1.165) is 37.4 Å². The van der Waals surface area contributed by atoms with Gasteiger partial charge in [-0.1, -0.05) is 13.8 Å². The number of nitrogens with one attached hydrogen (secondary N) is 1. The Morgan fingerprint density at radius 3 is 1.71 bits per heavy atom. The molecule has 136 valence electrons. The molecule has 0 unspecified atom stereocenters. The van der Waals surface area contributed by atoms with Crippen molar-refractivity contribution in [2.45, 2.75) is 27.7 Å². The summed E-state index contributed by atoms with van der Waals surface area (Å²) in [6.45, 7) is 11.3. The van der Waals surface area contributed by atoms with E-state index in [0.29, 0.717) is 13.1 Å². The van der Waals surface area contributed by atoms with Crippen molar-refractivity contribution in [1.29, 1.82) is 0 Å². The molecule has 0 spiro atoms. The average molecular weight is 342 g/mol. The van der Waals surface area contributed by atoms with Crippen molar-refractivity contribution in [3.05, 3.63) is 24.3 Å². The van der Waals surface area contributed by atoms with E-state index in [1.807, 2.05) is 13.8 Å². The number of rotatable bonds is 6. The maximum absolute atomic E-state index is 11.1. The zero-order valence-electron chi connectivity index (χ0n) is 14.6. The van der Waals surface area contributed by atoms with Gasteiger partial charge < -0.3 is 20.1 Å². The average Bonchev–Trinajstić information content (AvgIpc) is 2.91. The summed E-state index contributed by atoms with van der Waals surface area (Å²) in [5, 5.41) is 11.3. The smallest absolute Gasteiger partial charge is 0.338 e. The van der Waals surface area contributed by atoms with Crippen molar-refractivity contribution in [1.82, 2.24) is 10.2 Å². The van der Waals surface area contributed by atoms with Gasteiger partial charge in [-0.2, -0.15) is 0 Å². The van der Waals surface area contributed by atoms with Crippen molar-refractivity contribution in [3.63, 3.8) is 0 Å². The van der Waals surface area contributed by atoms with Crippen LogP contribution in [0.1, 0.15) is 27.7 Å². The number of nitrogens with zero attached hydrogens (tertiary/aromatic N) is 1. The number of hydrogen-bond acceptors (Lipinski definition) is 6. The zero-order chi connectivity index (χ0) is 19.0. The summed E-state index contributed by atoms with van der Waals surface area (Å²) in [7, 11) is 0. The van der Waals surface area contributed by atoms with Gasteiger partial charge in [0.05, 0.1) is 0 Å². The molecule has 0 saturated carbocycles. The summed E-state index contributed by atoms with van der Waals surface area (Å²) in [5.74, 6) is -2.52. The SMILES string of the molecule is CCN(CC)C(=O)/C=C\C(=O)O.CCNCC.O=C1C=CC(=O)O1.